The van der Waals surface area contributed by atoms with E-state index in [9.17, 15) is 18.0 Å². The summed E-state index contributed by atoms with van der Waals surface area (Å²) in [5.74, 6) is -0.912. The van der Waals surface area contributed by atoms with Crippen molar-refractivity contribution in [1.82, 2.24) is 10.6 Å². The topological polar surface area (TPSA) is 92.3 Å². The van der Waals surface area contributed by atoms with Crippen LogP contribution < -0.4 is 40.2 Å². The summed E-state index contributed by atoms with van der Waals surface area (Å²) in [5.41, 5.74) is 0.237. The number of hydrogen-bond acceptors (Lipinski definition) is 5. The van der Waals surface area contributed by atoms with E-state index in [1.54, 1.807) is 0 Å². The molecule has 0 aliphatic rings. The Morgan fingerprint density at radius 1 is 0.944 bits per heavy atom. The van der Waals surface area contributed by atoms with Crippen LogP contribution in [0.25, 0.3) is 0 Å². The number of carbonyl (C=O) groups is 2. The van der Waals surface area contributed by atoms with Crippen molar-refractivity contribution in [2.45, 2.75) is 4.90 Å². The van der Waals surface area contributed by atoms with Crippen molar-refractivity contribution >= 4 is 22.5 Å². The fourth-order valence-electron chi connectivity index (χ4n) is 1.25. The summed E-state index contributed by atoms with van der Waals surface area (Å²) in [6.07, 6.45) is 0. The zero-order chi connectivity index (χ0) is 13.0. The van der Waals surface area contributed by atoms with Crippen LogP contribution in [0.3, 0.4) is 0 Å². The second-order valence-corrected chi connectivity index (χ2v) is 4.08. The Hall–Kier alpha value is -0.890. The first-order valence-electron chi connectivity index (χ1n) is 4.68. The Morgan fingerprint density at radius 3 is 1.61 bits per heavy atom. The van der Waals surface area contributed by atoms with E-state index in [-0.39, 0.29) is 45.6 Å². The number of nitrogens with one attached hydrogen (secondary N) is 2. The quantitative estimate of drug-likeness (QED) is 0.457. The number of carbonyl (C=O) groups excluding carboxylic acids is 2. The molecule has 1 aromatic rings. The molecule has 1 rings (SSSR count). The molecule has 2 amide bonds. The van der Waals surface area contributed by atoms with E-state index in [1.807, 2.05) is 0 Å². The van der Waals surface area contributed by atoms with Gasteiger partial charge >= 0.3 is 29.6 Å². The van der Waals surface area contributed by atoms with Gasteiger partial charge in [-0.1, -0.05) is 17.0 Å². The van der Waals surface area contributed by atoms with Gasteiger partial charge < -0.3 is 19.1 Å². The molecule has 6 nitrogen and oxygen atoms in total. The van der Waals surface area contributed by atoms with E-state index < -0.39 is 22.5 Å². The summed E-state index contributed by atoms with van der Waals surface area (Å²) >= 11 is 0. The van der Waals surface area contributed by atoms with Gasteiger partial charge in [0.1, 0.15) is 0 Å². The van der Waals surface area contributed by atoms with E-state index >= 15 is 0 Å². The monoisotopic (exact) mass is 278 g/mol. The zero-order valence-corrected chi connectivity index (χ0v) is 13.1. The molecule has 0 radical (unpaired) electrons. The number of rotatable bonds is 3. The van der Waals surface area contributed by atoms with Crippen molar-refractivity contribution in [3.63, 3.8) is 0 Å². The SMILES string of the molecule is CNC(=O)c1cc(C(=O)NC)cc([S-](=O)=O)c1.[Na+]. The molecule has 0 aromatic heterocycles. The molecule has 92 valence electrons. The maximum atomic E-state index is 11.4. The maximum Gasteiger partial charge on any atom is 1.00 e. The van der Waals surface area contributed by atoms with E-state index in [4.69, 9.17) is 0 Å². The largest absolute Gasteiger partial charge is 1.00 e. The summed E-state index contributed by atoms with van der Waals surface area (Å²) in [4.78, 5) is 22.7. The summed E-state index contributed by atoms with van der Waals surface area (Å²) in [5, 5.41) is 4.72. The molecular formula is C10H11N2NaO4S. The van der Waals surface area contributed by atoms with Gasteiger partial charge in [0.15, 0.2) is 0 Å². The van der Waals surface area contributed by atoms with Crippen LogP contribution in [0.2, 0.25) is 0 Å². The first-order chi connectivity index (χ1) is 7.99. The predicted molar refractivity (Wildman–Crippen MR) is 60.2 cm³/mol. The molecule has 0 spiro atoms. The van der Waals surface area contributed by atoms with Crippen molar-refractivity contribution < 1.29 is 47.6 Å². The van der Waals surface area contributed by atoms with Crippen LogP contribution in [0.1, 0.15) is 20.7 Å². The summed E-state index contributed by atoms with van der Waals surface area (Å²) in [6.45, 7) is 0. The molecular weight excluding hydrogens is 267 g/mol. The van der Waals surface area contributed by atoms with Crippen molar-refractivity contribution in [3.05, 3.63) is 29.3 Å². The molecule has 0 bridgehead atoms. The number of hydrogen-bond donors (Lipinski definition) is 2. The Morgan fingerprint density at radius 2 is 1.33 bits per heavy atom. The van der Waals surface area contributed by atoms with Crippen molar-refractivity contribution in [2.75, 3.05) is 14.1 Å². The summed E-state index contributed by atoms with van der Waals surface area (Å²) < 4.78 is 21.7. The van der Waals surface area contributed by atoms with Crippen molar-refractivity contribution in [3.8, 4) is 0 Å². The number of amides is 2. The average molecular weight is 278 g/mol. The van der Waals surface area contributed by atoms with Crippen molar-refractivity contribution in [2.24, 2.45) is 0 Å². The molecule has 0 fully saturated rings. The smallest absolute Gasteiger partial charge is 0.420 e. The van der Waals surface area contributed by atoms with Gasteiger partial charge in [-0.2, -0.15) is 0 Å². The van der Waals surface area contributed by atoms with Crippen LogP contribution in [0, 0.1) is 0 Å². The number of benzene rings is 1. The molecule has 18 heavy (non-hydrogen) atoms. The Bertz CT molecular complexity index is 500. The van der Waals surface area contributed by atoms with Gasteiger partial charge in [0, 0.05) is 25.2 Å². The van der Waals surface area contributed by atoms with Gasteiger partial charge in [-0.15, -0.1) is 0 Å². The summed E-state index contributed by atoms with van der Waals surface area (Å²) in [7, 11) is 0.342. The van der Waals surface area contributed by atoms with Crippen LogP contribution in [-0.4, -0.2) is 25.9 Å². The standard InChI is InChI=1S/C10H11N2O4S.Na/c1-11-9(13)6-3-7(10(14)12-2)5-8(4-6)17(15)16;/h3-5H,1-2H3,(H,11,13)(H,12,14);/q-1;+1. The van der Waals surface area contributed by atoms with Crippen LogP contribution in [-0.2, 0) is 19.1 Å². The molecule has 0 atom stereocenters. The Balaban J connectivity index is 0.00000289. The van der Waals surface area contributed by atoms with E-state index in [2.05, 4.69) is 10.6 Å². The van der Waals surface area contributed by atoms with E-state index in [1.165, 1.54) is 32.3 Å². The fraction of sp³-hybridized carbons (Fsp3) is 0.200. The molecule has 1 aromatic carbocycles. The molecule has 0 heterocycles. The fourth-order valence-corrected chi connectivity index (χ4v) is 1.69. The third-order valence-corrected chi connectivity index (χ3v) is 2.70. The van der Waals surface area contributed by atoms with Crippen LogP contribution in [0.15, 0.2) is 23.1 Å². The van der Waals surface area contributed by atoms with Crippen molar-refractivity contribution in [1.29, 1.82) is 0 Å². The van der Waals surface area contributed by atoms with Gasteiger partial charge in [0.25, 0.3) is 11.8 Å². The molecule has 0 aliphatic heterocycles. The molecule has 0 aliphatic carbocycles. The predicted octanol–water partition coefficient (Wildman–Crippen LogP) is -2.92. The van der Waals surface area contributed by atoms with E-state index in [0.29, 0.717) is 0 Å². The Labute approximate surface area is 128 Å². The van der Waals surface area contributed by atoms with Gasteiger partial charge in [-0.05, 0) is 16.8 Å². The minimum atomic E-state index is -2.50. The first kappa shape index (κ1) is 17.1. The third kappa shape index (κ3) is 4.09. The second kappa shape index (κ2) is 7.52. The zero-order valence-electron chi connectivity index (χ0n) is 10.3. The summed E-state index contributed by atoms with van der Waals surface area (Å²) in [6, 6.07) is 3.73. The van der Waals surface area contributed by atoms with E-state index in [0.717, 1.165) is 0 Å². The second-order valence-electron chi connectivity index (χ2n) is 3.14. The molecule has 2 N–H and O–H groups in total. The van der Waals surface area contributed by atoms with Gasteiger partial charge in [-0.25, -0.2) is 0 Å². The molecule has 8 heteroatoms. The average Bonchev–Trinajstić information content (AvgIpc) is 2.36. The minimum absolute atomic E-state index is 0. The molecule has 0 unspecified atom stereocenters. The first-order valence-corrected chi connectivity index (χ1v) is 5.75. The van der Waals surface area contributed by atoms with Crippen LogP contribution in [0.4, 0.5) is 0 Å². The normalized spacial score (nSPS) is 9.50. The van der Waals surface area contributed by atoms with Crippen LogP contribution >= 0.6 is 0 Å². The third-order valence-electron chi connectivity index (χ3n) is 2.08. The Kier molecular flexibility index (Phi) is 7.15. The van der Waals surface area contributed by atoms with Crippen LogP contribution in [0.5, 0.6) is 0 Å². The minimum Gasteiger partial charge on any atom is -0.420 e. The molecule has 0 saturated heterocycles. The van der Waals surface area contributed by atoms with Gasteiger partial charge in [0.05, 0.1) is 0 Å². The van der Waals surface area contributed by atoms with Gasteiger partial charge in [-0.3, -0.25) is 9.59 Å². The molecule has 0 saturated carbocycles. The maximum absolute atomic E-state index is 11.4. The van der Waals surface area contributed by atoms with Gasteiger partial charge in [0.2, 0.25) is 0 Å².